The second-order valence-electron chi connectivity index (χ2n) is 28.2. The number of nitrogens with two attached hydrogens (primary N) is 1. The van der Waals surface area contributed by atoms with Gasteiger partial charge in [0.25, 0.3) is 16.0 Å². The fraction of sp³-hybridized carbons (Fsp3) is 0.471. The fourth-order valence-corrected chi connectivity index (χ4v) is 17.5. The van der Waals surface area contributed by atoms with Crippen LogP contribution in [0.3, 0.4) is 0 Å². The van der Waals surface area contributed by atoms with Crippen molar-refractivity contribution in [3.63, 3.8) is 0 Å². The lowest BCUT2D eigenvalue weighted by molar-refractivity contribution is -0.248. The van der Waals surface area contributed by atoms with Gasteiger partial charge in [-0.1, -0.05) is 81.5 Å². The number of amides is 8. The fourth-order valence-electron chi connectivity index (χ4n) is 16.2. The summed E-state index contributed by atoms with van der Waals surface area (Å²) >= 11 is 1.40. The Balaban J connectivity index is 0.712. The highest BCUT2D eigenvalue weighted by atomic mass is 32.2. The molecule has 8 amide bonds. The lowest BCUT2D eigenvalue weighted by Gasteiger charge is -2.69. The van der Waals surface area contributed by atoms with Gasteiger partial charge in [-0.25, -0.2) is 24.4 Å². The zero-order valence-corrected chi connectivity index (χ0v) is 57.8. The summed E-state index contributed by atoms with van der Waals surface area (Å²) in [5.74, 6) is -4.01. The number of pyridine rings is 1. The molecule has 4 aliphatic carbocycles. The first-order valence-corrected chi connectivity index (χ1v) is 35.8. The first-order chi connectivity index (χ1) is 47.0. The van der Waals surface area contributed by atoms with Gasteiger partial charge in [0.15, 0.2) is 10.8 Å². The predicted molar refractivity (Wildman–Crippen MR) is 370 cm³/mol. The molecule has 2 unspecified atom stereocenters. The van der Waals surface area contributed by atoms with Gasteiger partial charge in [0.05, 0.1) is 34.4 Å². The van der Waals surface area contributed by atoms with Crippen molar-refractivity contribution in [2.75, 3.05) is 67.2 Å². The van der Waals surface area contributed by atoms with Crippen LogP contribution < -0.4 is 37.2 Å². The minimum absolute atomic E-state index is 0.0323. The number of primary amides is 1. The molecule has 4 saturated carbocycles. The Morgan fingerprint density at radius 1 is 0.859 bits per heavy atom. The third kappa shape index (κ3) is 17.1. The van der Waals surface area contributed by atoms with Gasteiger partial charge < -0.3 is 56.3 Å². The molecule has 6 aliphatic rings. The van der Waals surface area contributed by atoms with Gasteiger partial charge in [-0.2, -0.15) is 13.5 Å². The van der Waals surface area contributed by atoms with Crippen molar-refractivity contribution >= 4 is 95.9 Å². The van der Waals surface area contributed by atoms with E-state index >= 15 is 0 Å². The standard InChI is InChI=1S/C70H85N13O14S2/c1-43(2)58(78-56(84)24-28-80-26-10-16-57(80)85)62(88)75-53(14-9-25-72-64(71)91)61(87)74-47-19-17-45(18-20-47)35-96-66(92)81(30-32-99(93,94)95)29-31-97-70-39-67(4)36-68(5,40-70)38-69(37-67,41-70)42-83-44(3)50(33-73-83)48-21-22-55(77-59(48)63(89)90)82-27-23-46-11-8-12-49(51(46)34-82)60(86)79-65-76-52-13-6-7-15-54(52)98-65/h6-8,10-13,15-22,33,43,53,58H,9,14,23-32,34-42H2,1-5H3,(H,74,87)(H,75,88)(H,78,84)(H,89,90)(H3,71,72,91)(H,76,79,86)(H,93,94,95)/t53-,58-,67?,68?,69?,70?/m0/s1. The van der Waals surface area contributed by atoms with Crippen LogP contribution in [0.5, 0.6) is 0 Å². The van der Waals surface area contributed by atoms with Crippen molar-refractivity contribution in [3.8, 4) is 11.1 Å². The zero-order valence-electron chi connectivity index (χ0n) is 56.1. The largest absolute Gasteiger partial charge is 0.476 e. The Morgan fingerprint density at radius 3 is 2.31 bits per heavy atom. The highest BCUT2D eigenvalue weighted by Crippen LogP contribution is 2.72. The van der Waals surface area contributed by atoms with Crippen molar-refractivity contribution in [1.82, 2.24) is 45.5 Å². The molecule has 0 spiro atoms. The van der Waals surface area contributed by atoms with Gasteiger partial charge in [-0.3, -0.25) is 38.5 Å². The molecule has 3 aromatic carbocycles. The summed E-state index contributed by atoms with van der Waals surface area (Å²) in [4.78, 5) is 119. The maximum absolute atomic E-state index is 13.9. The number of nitrogens with zero attached hydrogens (tertiary/aromatic N) is 7. The Hall–Kier alpha value is -9.32. The first kappa shape index (κ1) is 71.0. The number of urea groups is 1. The molecule has 4 bridgehead atoms. The number of hydrogen-bond acceptors (Lipinski definition) is 17. The van der Waals surface area contributed by atoms with E-state index in [1.165, 1.54) is 27.2 Å². The number of aromatic carboxylic acids is 1. The monoisotopic (exact) mass is 1400 g/mol. The van der Waals surface area contributed by atoms with Crippen LogP contribution in [-0.4, -0.2) is 165 Å². The molecular formula is C70H85N13O14S2. The van der Waals surface area contributed by atoms with Crippen LogP contribution in [0, 0.1) is 29.1 Å². The maximum atomic E-state index is 13.9. The smallest absolute Gasteiger partial charge is 0.410 e. The number of fused-ring (bicyclic) bond motifs is 2. The van der Waals surface area contributed by atoms with Crippen LogP contribution in [0.15, 0.2) is 97.2 Å². The van der Waals surface area contributed by atoms with E-state index in [0.29, 0.717) is 77.9 Å². The minimum Gasteiger partial charge on any atom is -0.476 e. The number of hydrogen-bond donors (Lipinski definition) is 8. The van der Waals surface area contributed by atoms with Gasteiger partial charge in [-0.05, 0) is 146 Å². The van der Waals surface area contributed by atoms with Gasteiger partial charge in [-0.15, -0.1) is 0 Å². The lowest BCUT2D eigenvalue weighted by atomic mass is 9.39. The van der Waals surface area contributed by atoms with E-state index in [4.69, 9.17) is 25.3 Å². The lowest BCUT2D eigenvalue weighted by Crippen LogP contribution is -2.64. The number of thiazole rings is 1. The van der Waals surface area contributed by atoms with Crippen LogP contribution in [0.25, 0.3) is 21.3 Å². The Kier molecular flexibility index (Phi) is 21.0. The molecule has 12 rings (SSSR count). The maximum Gasteiger partial charge on any atom is 0.410 e. The van der Waals surface area contributed by atoms with Crippen molar-refractivity contribution in [2.24, 2.45) is 27.9 Å². The number of benzene rings is 3. The number of carboxylic acid groups (broad SMARTS) is 1. The number of para-hydroxylation sites is 1. The number of carbonyl (C=O) groups excluding carboxylic acids is 7. The van der Waals surface area contributed by atoms with Crippen molar-refractivity contribution < 1.29 is 65.9 Å². The molecular weight excluding hydrogens is 1310 g/mol. The molecule has 27 nitrogen and oxygen atoms in total. The van der Waals surface area contributed by atoms with Crippen LogP contribution in [0.1, 0.15) is 129 Å². The number of nitrogens with one attached hydrogen (secondary N) is 5. The number of ether oxygens (including phenoxy) is 2. The number of carboxylic acids is 1. The molecule has 0 saturated heterocycles. The number of aromatic nitrogens is 4. The predicted octanol–water partition coefficient (Wildman–Crippen LogP) is 7.84. The average Bonchev–Trinajstić information content (AvgIpc) is 0.784. The van der Waals surface area contributed by atoms with Gasteiger partial charge >= 0.3 is 18.1 Å². The molecule has 9 N–H and O–H groups in total. The number of anilines is 3. The molecule has 526 valence electrons. The minimum atomic E-state index is -4.50. The summed E-state index contributed by atoms with van der Waals surface area (Å²) in [5, 5.41) is 29.9. The molecule has 99 heavy (non-hydrogen) atoms. The molecule has 4 fully saturated rings. The van der Waals surface area contributed by atoms with E-state index in [1.54, 1.807) is 62.5 Å². The van der Waals surface area contributed by atoms with Crippen molar-refractivity contribution in [3.05, 3.63) is 131 Å². The molecule has 0 radical (unpaired) electrons. The zero-order chi connectivity index (χ0) is 70.6. The summed E-state index contributed by atoms with van der Waals surface area (Å²) in [6.07, 6.45) is 9.88. The van der Waals surface area contributed by atoms with Crippen LogP contribution in [0.4, 0.5) is 26.2 Å². The summed E-state index contributed by atoms with van der Waals surface area (Å²) in [6, 6.07) is 20.4. The summed E-state index contributed by atoms with van der Waals surface area (Å²) < 4.78 is 49.6. The topological polar surface area (TPSA) is 369 Å². The molecule has 29 heteroatoms. The highest BCUT2D eigenvalue weighted by Gasteiger charge is 2.66. The average molecular weight is 1400 g/mol. The highest BCUT2D eigenvalue weighted by molar-refractivity contribution is 7.85. The van der Waals surface area contributed by atoms with E-state index < -0.39 is 69.4 Å². The quantitative estimate of drug-likeness (QED) is 0.0164. The third-order valence-corrected chi connectivity index (χ3v) is 21.2. The SMILES string of the molecule is Cc1c(-c2ccc(N3CCc4cccc(C(=O)Nc5nc6ccccc6s5)c4C3)nc2C(=O)O)cnn1CC12CC3(C)CC(C)(C1)CC(OCCN(CCS(=O)(=O)O)C(=O)OCc1ccc(NC(=O)[C@H](CCCNC(N)=O)NC(=O)[C@@H](NC(=O)CCN4CC=CC4=O)C(C)C)cc1)(C3)C2. The summed E-state index contributed by atoms with van der Waals surface area (Å²) in [6.45, 7) is 11.4. The van der Waals surface area contributed by atoms with E-state index in [1.807, 2.05) is 59.0 Å². The molecule has 3 aromatic heterocycles. The summed E-state index contributed by atoms with van der Waals surface area (Å²) in [7, 11) is -4.50. The van der Waals surface area contributed by atoms with E-state index in [-0.39, 0.29) is 98.3 Å². The van der Waals surface area contributed by atoms with Gasteiger partial charge in [0.1, 0.15) is 24.5 Å². The second-order valence-corrected chi connectivity index (χ2v) is 30.8. The Morgan fingerprint density at radius 2 is 1.62 bits per heavy atom. The van der Waals surface area contributed by atoms with E-state index in [2.05, 4.69) is 45.4 Å². The number of carbonyl (C=O) groups is 8. The second kappa shape index (κ2) is 29.2. The molecule has 5 heterocycles. The first-order valence-electron chi connectivity index (χ1n) is 33.3. The van der Waals surface area contributed by atoms with Gasteiger partial charge in [0.2, 0.25) is 23.6 Å². The van der Waals surface area contributed by atoms with E-state index in [0.717, 1.165) is 59.1 Å². The molecule has 4 atom stereocenters. The molecule has 6 aromatic rings. The van der Waals surface area contributed by atoms with Crippen LogP contribution >= 0.6 is 11.3 Å². The normalized spacial score (nSPS) is 21.3. The van der Waals surface area contributed by atoms with Gasteiger partial charge in [0, 0.05) is 92.9 Å². The van der Waals surface area contributed by atoms with E-state index in [9.17, 15) is 56.4 Å². The van der Waals surface area contributed by atoms with Crippen molar-refractivity contribution in [1.29, 1.82) is 0 Å². The Bertz CT molecular complexity index is 4200. The Labute approximate surface area is 577 Å². The number of rotatable bonds is 29. The van der Waals surface area contributed by atoms with Crippen LogP contribution in [-0.2, 0) is 64.9 Å². The van der Waals surface area contributed by atoms with Crippen molar-refractivity contribution in [2.45, 2.75) is 136 Å². The molecule has 2 aliphatic heterocycles. The summed E-state index contributed by atoms with van der Waals surface area (Å²) in [5.41, 5.74) is 9.85. The van der Waals surface area contributed by atoms with Crippen LogP contribution in [0.2, 0.25) is 0 Å². The third-order valence-electron chi connectivity index (χ3n) is 19.6.